The van der Waals surface area contributed by atoms with Crippen LogP contribution >= 0.6 is 0 Å². The van der Waals surface area contributed by atoms with Gasteiger partial charge in [0.15, 0.2) is 5.78 Å². The number of nitrogens with zero attached hydrogens (tertiary/aromatic N) is 3. The zero-order valence-electron chi connectivity index (χ0n) is 10.5. The van der Waals surface area contributed by atoms with Crippen LogP contribution in [0, 0.1) is 6.92 Å². The number of hydrogen-bond acceptors (Lipinski definition) is 4. The summed E-state index contributed by atoms with van der Waals surface area (Å²) in [6.45, 7) is 6.40. The standard InChI is InChI=1S/C13H19N3O/c1-11-4-3-5-12(14-11)13(17)10-16-8-6-15(2)7-9-16/h3-5H,6-10H2,1-2H3. The predicted molar refractivity (Wildman–Crippen MR) is 67.2 cm³/mol. The molecule has 0 radical (unpaired) electrons. The van der Waals surface area contributed by atoms with Crippen molar-refractivity contribution in [1.82, 2.24) is 14.8 Å². The molecule has 0 unspecified atom stereocenters. The second-order valence-electron chi connectivity index (χ2n) is 4.67. The van der Waals surface area contributed by atoms with Gasteiger partial charge in [-0.15, -0.1) is 0 Å². The molecule has 92 valence electrons. The maximum absolute atomic E-state index is 12.0. The highest BCUT2D eigenvalue weighted by Gasteiger charge is 2.17. The molecule has 2 rings (SSSR count). The summed E-state index contributed by atoms with van der Waals surface area (Å²) in [5.74, 6) is 0.123. The molecule has 1 fully saturated rings. The van der Waals surface area contributed by atoms with Crippen LogP contribution in [0.1, 0.15) is 16.2 Å². The number of aromatic nitrogens is 1. The van der Waals surface area contributed by atoms with Gasteiger partial charge in [0.25, 0.3) is 0 Å². The van der Waals surface area contributed by atoms with Crippen molar-refractivity contribution in [3.8, 4) is 0 Å². The molecule has 0 atom stereocenters. The van der Waals surface area contributed by atoms with Gasteiger partial charge in [-0.1, -0.05) is 6.07 Å². The molecule has 1 aliphatic heterocycles. The van der Waals surface area contributed by atoms with E-state index in [1.807, 2.05) is 19.1 Å². The van der Waals surface area contributed by atoms with Gasteiger partial charge in [0.1, 0.15) is 5.69 Å². The summed E-state index contributed by atoms with van der Waals surface area (Å²) < 4.78 is 0. The predicted octanol–water partition coefficient (Wildman–Crippen LogP) is 0.820. The average molecular weight is 233 g/mol. The number of Topliss-reactive ketones (excluding diaryl/α,β-unsaturated/α-hetero) is 1. The SMILES string of the molecule is Cc1cccc(C(=O)CN2CCN(C)CC2)n1. The molecule has 0 bridgehead atoms. The zero-order chi connectivity index (χ0) is 12.3. The summed E-state index contributed by atoms with van der Waals surface area (Å²) in [7, 11) is 2.11. The van der Waals surface area contributed by atoms with Crippen molar-refractivity contribution in [2.45, 2.75) is 6.92 Å². The lowest BCUT2D eigenvalue weighted by molar-refractivity contribution is 0.0871. The van der Waals surface area contributed by atoms with Gasteiger partial charge in [0.05, 0.1) is 6.54 Å². The lowest BCUT2D eigenvalue weighted by atomic mass is 10.2. The number of carbonyl (C=O) groups excluding carboxylic acids is 1. The molecule has 0 N–H and O–H groups in total. The Kier molecular flexibility index (Phi) is 3.86. The van der Waals surface area contributed by atoms with Crippen molar-refractivity contribution >= 4 is 5.78 Å². The van der Waals surface area contributed by atoms with Gasteiger partial charge < -0.3 is 4.90 Å². The second kappa shape index (κ2) is 5.38. The van der Waals surface area contributed by atoms with E-state index in [1.54, 1.807) is 6.07 Å². The monoisotopic (exact) mass is 233 g/mol. The highest BCUT2D eigenvalue weighted by Crippen LogP contribution is 2.04. The Morgan fingerprint density at radius 3 is 2.65 bits per heavy atom. The molecular formula is C13H19N3O. The van der Waals surface area contributed by atoms with Crippen molar-refractivity contribution in [3.63, 3.8) is 0 Å². The number of likely N-dealkylation sites (N-methyl/N-ethyl adjacent to an activating group) is 1. The van der Waals surface area contributed by atoms with Gasteiger partial charge in [-0.2, -0.15) is 0 Å². The van der Waals surface area contributed by atoms with Crippen LogP contribution in [0.5, 0.6) is 0 Å². The summed E-state index contributed by atoms with van der Waals surface area (Å²) in [6.07, 6.45) is 0. The highest BCUT2D eigenvalue weighted by molar-refractivity contribution is 5.95. The third kappa shape index (κ3) is 3.35. The number of aryl methyl sites for hydroxylation is 1. The molecular weight excluding hydrogens is 214 g/mol. The molecule has 0 aromatic carbocycles. The first-order valence-corrected chi connectivity index (χ1v) is 6.03. The summed E-state index contributed by atoms with van der Waals surface area (Å²) >= 11 is 0. The minimum absolute atomic E-state index is 0.123. The lowest BCUT2D eigenvalue weighted by Crippen LogP contribution is -2.46. The normalized spacial score (nSPS) is 18.2. The van der Waals surface area contributed by atoms with Crippen LogP contribution < -0.4 is 0 Å². The molecule has 2 heterocycles. The van der Waals surface area contributed by atoms with Gasteiger partial charge in [0, 0.05) is 31.9 Å². The number of piperazine rings is 1. The Bertz CT molecular complexity index is 397. The molecule has 4 nitrogen and oxygen atoms in total. The van der Waals surface area contributed by atoms with E-state index in [9.17, 15) is 4.79 Å². The maximum atomic E-state index is 12.0. The Morgan fingerprint density at radius 1 is 1.29 bits per heavy atom. The van der Waals surface area contributed by atoms with Crippen molar-refractivity contribution in [2.75, 3.05) is 39.8 Å². The van der Waals surface area contributed by atoms with Crippen LogP contribution in [0.15, 0.2) is 18.2 Å². The molecule has 4 heteroatoms. The maximum Gasteiger partial charge on any atom is 0.195 e. The van der Waals surface area contributed by atoms with Gasteiger partial charge in [-0.25, -0.2) is 4.98 Å². The van der Waals surface area contributed by atoms with Crippen LogP contribution in [0.4, 0.5) is 0 Å². The van der Waals surface area contributed by atoms with Crippen LogP contribution in [-0.2, 0) is 0 Å². The fourth-order valence-corrected chi connectivity index (χ4v) is 1.99. The minimum Gasteiger partial charge on any atom is -0.304 e. The smallest absolute Gasteiger partial charge is 0.195 e. The van der Waals surface area contributed by atoms with E-state index in [1.165, 1.54) is 0 Å². The van der Waals surface area contributed by atoms with E-state index in [-0.39, 0.29) is 5.78 Å². The number of ketones is 1. The number of rotatable bonds is 3. The average Bonchev–Trinajstić information content (AvgIpc) is 2.32. The van der Waals surface area contributed by atoms with E-state index < -0.39 is 0 Å². The molecule has 0 spiro atoms. The first-order valence-electron chi connectivity index (χ1n) is 6.03. The fraction of sp³-hybridized carbons (Fsp3) is 0.538. The van der Waals surface area contributed by atoms with E-state index in [2.05, 4.69) is 21.8 Å². The lowest BCUT2D eigenvalue weighted by Gasteiger charge is -2.31. The minimum atomic E-state index is 0.123. The van der Waals surface area contributed by atoms with Crippen LogP contribution in [-0.4, -0.2) is 60.3 Å². The number of carbonyl (C=O) groups is 1. The quantitative estimate of drug-likeness (QED) is 0.724. The fourth-order valence-electron chi connectivity index (χ4n) is 1.99. The highest BCUT2D eigenvalue weighted by atomic mass is 16.1. The van der Waals surface area contributed by atoms with E-state index in [0.717, 1.165) is 31.9 Å². The first kappa shape index (κ1) is 12.2. The summed E-state index contributed by atoms with van der Waals surface area (Å²) in [4.78, 5) is 20.8. The van der Waals surface area contributed by atoms with Crippen molar-refractivity contribution in [3.05, 3.63) is 29.6 Å². The molecule has 1 aromatic rings. The largest absolute Gasteiger partial charge is 0.304 e. The third-order valence-corrected chi connectivity index (χ3v) is 3.14. The van der Waals surface area contributed by atoms with E-state index in [4.69, 9.17) is 0 Å². The Morgan fingerprint density at radius 2 is 2.00 bits per heavy atom. The summed E-state index contributed by atoms with van der Waals surface area (Å²) in [6, 6.07) is 5.59. The molecule has 0 aliphatic carbocycles. The molecule has 1 aliphatic rings. The van der Waals surface area contributed by atoms with Crippen LogP contribution in [0.3, 0.4) is 0 Å². The van der Waals surface area contributed by atoms with E-state index in [0.29, 0.717) is 12.2 Å². The number of hydrogen-bond donors (Lipinski definition) is 0. The molecule has 0 saturated carbocycles. The Hall–Kier alpha value is -1.26. The zero-order valence-corrected chi connectivity index (χ0v) is 10.5. The van der Waals surface area contributed by atoms with Crippen molar-refractivity contribution < 1.29 is 4.79 Å². The molecule has 1 aromatic heterocycles. The second-order valence-corrected chi connectivity index (χ2v) is 4.67. The molecule has 17 heavy (non-hydrogen) atoms. The van der Waals surface area contributed by atoms with Gasteiger partial charge in [-0.3, -0.25) is 9.69 Å². The number of pyridine rings is 1. The Balaban J connectivity index is 1.93. The third-order valence-electron chi connectivity index (χ3n) is 3.14. The van der Waals surface area contributed by atoms with Crippen LogP contribution in [0.25, 0.3) is 0 Å². The first-order chi connectivity index (χ1) is 8.15. The molecule has 1 saturated heterocycles. The van der Waals surface area contributed by atoms with Crippen molar-refractivity contribution in [2.24, 2.45) is 0 Å². The van der Waals surface area contributed by atoms with Gasteiger partial charge >= 0.3 is 0 Å². The topological polar surface area (TPSA) is 36.4 Å². The summed E-state index contributed by atoms with van der Waals surface area (Å²) in [5.41, 5.74) is 1.48. The molecule has 0 amide bonds. The van der Waals surface area contributed by atoms with Crippen LogP contribution in [0.2, 0.25) is 0 Å². The summed E-state index contributed by atoms with van der Waals surface area (Å²) in [5, 5.41) is 0. The van der Waals surface area contributed by atoms with E-state index >= 15 is 0 Å². The van der Waals surface area contributed by atoms with Crippen molar-refractivity contribution in [1.29, 1.82) is 0 Å². The van der Waals surface area contributed by atoms with Gasteiger partial charge in [-0.05, 0) is 26.1 Å². The van der Waals surface area contributed by atoms with Gasteiger partial charge in [0.2, 0.25) is 0 Å². The Labute approximate surface area is 102 Å².